The van der Waals surface area contributed by atoms with Crippen LogP contribution in [-0.4, -0.2) is 36.6 Å². The van der Waals surface area contributed by atoms with Crippen molar-refractivity contribution in [1.82, 2.24) is 0 Å². The van der Waals surface area contributed by atoms with E-state index in [-0.39, 0.29) is 5.60 Å². The first kappa shape index (κ1) is 40.5. The highest BCUT2D eigenvalue weighted by molar-refractivity contribution is 6.62. The second-order valence-electron chi connectivity index (χ2n) is 17.7. The van der Waals surface area contributed by atoms with Gasteiger partial charge < -0.3 is 18.6 Å². The molecule has 4 nitrogen and oxygen atoms in total. The normalized spacial score (nSPS) is 20.2. The molecular formula is C48H64B2O4. The Kier molecular flexibility index (Phi) is 12.4. The van der Waals surface area contributed by atoms with Crippen LogP contribution >= 0.6 is 0 Å². The Hall–Kier alpha value is -3.15. The SMILES string of the molecule is CCCCCCc1cccc(-c2cc(B3OC(C)(C)C(C)(CCCCCC)O3)ccc2-c2ccc(B3OC(C)(C)C(C)(C)O3)cc2-c2cccc(C)c2)c1. The van der Waals surface area contributed by atoms with Crippen LogP contribution in [0.25, 0.3) is 33.4 Å². The topological polar surface area (TPSA) is 36.9 Å². The van der Waals surface area contributed by atoms with Crippen molar-refractivity contribution >= 4 is 25.2 Å². The molecule has 2 heterocycles. The summed E-state index contributed by atoms with van der Waals surface area (Å²) in [6.07, 6.45) is 11.9. The summed E-state index contributed by atoms with van der Waals surface area (Å²) >= 11 is 0. The van der Waals surface area contributed by atoms with Crippen LogP contribution < -0.4 is 10.9 Å². The van der Waals surface area contributed by atoms with E-state index in [9.17, 15) is 0 Å². The van der Waals surface area contributed by atoms with E-state index in [1.807, 2.05) is 0 Å². The molecule has 1 atom stereocenters. The molecule has 0 radical (unpaired) electrons. The largest absolute Gasteiger partial charge is 0.494 e. The number of hydrogen-bond donors (Lipinski definition) is 0. The van der Waals surface area contributed by atoms with Crippen molar-refractivity contribution in [2.24, 2.45) is 0 Å². The van der Waals surface area contributed by atoms with Crippen molar-refractivity contribution in [1.29, 1.82) is 0 Å². The summed E-state index contributed by atoms with van der Waals surface area (Å²) in [5.74, 6) is 0. The van der Waals surface area contributed by atoms with Crippen LogP contribution in [0.3, 0.4) is 0 Å². The Morgan fingerprint density at radius 1 is 0.481 bits per heavy atom. The zero-order valence-corrected chi connectivity index (χ0v) is 34.9. The van der Waals surface area contributed by atoms with Crippen molar-refractivity contribution < 1.29 is 18.6 Å². The summed E-state index contributed by atoms with van der Waals surface area (Å²) in [7, 11) is -0.890. The van der Waals surface area contributed by atoms with Gasteiger partial charge in [0.05, 0.1) is 22.4 Å². The zero-order valence-electron chi connectivity index (χ0n) is 34.9. The molecule has 0 aromatic heterocycles. The Bertz CT molecular complexity index is 1880. The van der Waals surface area contributed by atoms with Gasteiger partial charge in [-0.15, -0.1) is 0 Å². The smallest absolute Gasteiger partial charge is 0.399 e. The molecule has 54 heavy (non-hydrogen) atoms. The maximum absolute atomic E-state index is 6.93. The van der Waals surface area contributed by atoms with E-state index in [4.69, 9.17) is 18.6 Å². The van der Waals surface area contributed by atoms with Crippen LogP contribution in [-0.2, 0) is 25.0 Å². The molecule has 0 N–H and O–H groups in total. The molecule has 2 aliphatic rings. The predicted molar refractivity (Wildman–Crippen MR) is 230 cm³/mol. The summed E-state index contributed by atoms with van der Waals surface area (Å²) < 4.78 is 26.8. The highest BCUT2D eigenvalue weighted by Crippen LogP contribution is 2.43. The Morgan fingerprint density at radius 2 is 1.00 bits per heavy atom. The lowest BCUT2D eigenvalue weighted by Gasteiger charge is -2.36. The number of benzene rings is 4. The first-order valence-corrected chi connectivity index (χ1v) is 20.8. The fraction of sp³-hybridized carbons (Fsp3) is 0.500. The minimum atomic E-state index is -0.449. The van der Waals surface area contributed by atoms with Gasteiger partial charge in [0.1, 0.15) is 0 Å². The van der Waals surface area contributed by atoms with E-state index < -0.39 is 31.0 Å². The summed E-state index contributed by atoms with van der Waals surface area (Å²) in [6, 6.07) is 31.6. The van der Waals surface area contributed by atoms with Gasteiger partial charge >= 0.3 is 14.2 Å². The maximum Gasteiger partial charge on any atom is 0.494 e. The molecule has 4 aromatic carbocycles. The number of aryl methyl sites for hydroxylation is 2. The average Bonchev–Trinajstić information content (AvgIpc) is 3.52. The summed E-state index contributed by atoms with van der Waals surface area (Å²) in [6.45, 7) is 21.8. The van der Waals surface area contributed by atoms with Crippen LogP contribution in [0.2, 0.25) is 0 Å². The van der Waals surface area contributed by atoms with E-state index >= 15 is 0 Å². The molecule has 0 bridgehead atoms. The minimum absolute atomic E-state index is 0.371. The van der Waals surface area contributed by atoms with Gasteiger partial charge in [0, 0.05) is 0 Å². The molecule has 6 heteroatoms. The van der Waals surface area contributed by atoms with E-state index in [1.54, 1.807) is 0 Å². The molecule has 0 saturated carbocycles. The summed E-state index contributed by atoms with van der Waals surface area (Å²) in [4.78, 5) is 0. The second kappa shape index (κ2) is 16.5. The van der Waals surface area contributed by atoms with Gasteiger partial charge in [0.15, 0.2) is 0 Å². The Morgan fingerprint density at radius 3 is 1.57 bits per heavy atom. The predicted octanol–water partition coefficient (Wildman–Crippen LogP) is 11.7. The first-order valence-electron chi connectivity index (χ1n) is 20.8. The quantitative estimate of drug-likeness (QED) is 0.0903. The standard InChI is InChI=1S/C48H64B2O4/c1-11-13-15-17-22-36-23-20-25-38(32-36)44-34-40(50-53-47(8,9)48(10,54-50)30-18-16-14-12-2)27-29-42(44)41-28-26-39(49-51-45(4,5)46(6,7)52-49)33-43(41)37-24-19-21-35(3)31-37/h19-21,23-29,31-34H,11-18,22,30H2,1-10H3. The van der Waals surface area contributed by atoms with Gasteiger partial charge in [-0.3, -0.25) is 0 Å². The minimum Gasteiger partial charge on any atom is -0.399 e. The van der Waals surface area contributed by atoms with Crippen LogP contribution in [0.1, 0.15) is 131 Å². The highest BCUT2D eigenvalue weighted by Gasteiger charge is 2.54. The lowest BCUT2D eigenvalue weighted by molar-refractivity contribution is -0.0172. The number of rotatable bonds is 15. The monoisotopic (exact) mass is 726 g/mol. The fourth-order valence-corrected chi connectivity index (χ4v) is 7.99. The van der Waals surface area contributed by atoms with Gasteiger partial charge in [0.2, 0.25) is 0 Å². The molecule has 0 amide bonds. The zero-order chi connectivity index (χ0) is 38.7. The third kappa shape index (κ3) is 8.63. The average molecular weight is 727 g/mol. The number of hydrogen-bond acceptors (Lipinski definition) is 4. The molecule has 6 rings (SSSR count). The Labute approximate surface area is 328 Å². The van der Waals surface area contributed by atoms with Gasteiger partial charge in [0.25, 0.3) is 0 Å². The lowest BCUT2D eigenvalue weighted by atomic mass is 9.74. The van der Waals surface area contributed by atoms with Gasteiger partial charge in [-0.05, 0) is 125 Å². The first-order chi connectivity index (χ1) is 25.7. The molecule has 286 valence electrons. The van der Waals surface area contributed by atoms with Gasteiger partial charge in [-0.2, -0.15) is 0 Å². The van der Waals surface area contributed by atoms with Crippen molar-refractivity contribution in [3.8, 4) is 33.4 Å². The second-order valence-corrected chi connectivity index (χ2v) is 17.7. The van der Waals surface area contributed by atoms with Crippen LogP contribution in [0.5, 0.6) is 0 Å². The third-order valence-electron chi connectivity index (χ3n) is 12.6. The molecule has 4 aromatic rings. The number of unbranched alkanes of at least 4 members (excludes halogenated alkanes) is 6. The molecule has 2 aliphatic heterocycles. The van der Waals surface area contributed by atoms with Crippen molar-refractivity contribution in [3.05, 3.63) is 96.1 Å². The van der Waals surface area contributed by atoms with E-state index in [2.05, 4.69) is 154 Å². The van der Waals surface area contributed by atoms with Crippen LogP contribution in [0.4, 0.5) is 0 Å². The molecule has 0 spiro atoms. The van der Waals surface area contributed by atoms with Crippen molar-refractivity contribution in [3.63, 3.8) is 0 Å². The molecular weight excluding hydrogens is 662 g/mol. The molecule has 2 fully saturated rings. The molecule has 0 aliphatic carbocycles. The van der Waals surface area contributed by atoms with E-state index in [0.717, 1.165) is 35.8 Å². The van der Waals surface area contributed by atoms with Crippen molar-refractivity contribution in [2.75, 3.05) is 0 Å². The Balaban J connectivity index is 1.46. The van der Waals surface area contributed by atoms with Crippen LogP contribution in [0.15, 0.2) is 84.9 Å². The highest BCUT2D eigenvalue weighted by atomic mass is 16.7. The van der Waals surface area contributed by atoms with E-state index in [0.29, 0.717) is 0 Å². The van der Waals surface area contributed by atoms with Gasteiger partial charge in [-0.25, -0.2) is 0 Å². The van der Waals surface area contributed by atoms with Crippen molar-refractivity contribution in [2.45, 2.75) is 156 Å². The van der Waals surface area contributed by atoms with Crippen LogP contribution in [0, 0.1) is 6.92 Å². The third-order valence-corrected chi connectivity index (χ3v) is 12.6. The van der Waals surface area contributed by atoms with E-state index in [1.165, 1.54) is 83.9 Å². The lowest BCUT2D eigenvalue weighted by Crippen LogP contribution is -2.44. The summed E-state index contributed by atoms with van der Waals surface area (Å²) in [5, 5.41) is 0. The van der Waals surface area contributed by atoms with Gasteiger partial charge in [-0.1, -0.05) is 149 Å². The molecule has 2 saturated heterocycles. The summed E-state index contributed by atoms with van der Waals surface area (Å²) in [5.41, 5.74) is 10.1. The maximum atomic E-state index is 6.93. The molecule has 1 unspecified atom stereocenters. The fourth-order valence-electron chi connectivity index (χ4n) is 7.99.